The number of benzene rings is 9. The van der Waals surface area contributed by atoms with Gasteiger partial charge in [0.25, 0.3) is 0 Å². The van der Waals surface area contributed by atoms with Gasteiger partial charge in [-0.3, -0.25) is 0 Å². The van der Waals surface area contributed by atoms with Gasteiger partial charge in [0, 0.05) is 16.7 Å². The monoisotopic (exact) mass is 774 g/mol. The molecule has 2 aliphatic rings. The molecule has 0 saturated heterocycles. The van der Waals surface area contributed by atoms with E-state index >= 15 is 0 Å². The van der Waals surface area contributed by atoms with Gasteiger partial charge in [-0.05, 0) is 96.1 Å². The Bertz CT molecular complexity index is 3220. The molecule has 0 unspecified atom stereocenters. The number of rotatable bonds is 6. The van der Waals surface area contributed by atoms with E-state index in [-0.39, 0.29) is 0 Å². The maximum absolute atomic E-state index is 5.22. The van der Waals surface area contributed by atoms with E-state index in [1.165, 1.54) is 66.8 Å². The van der Waals surface area contributed by atoms with Crippen molar-refractivity contribution in [1.82, 2.24) is 9.97 Å². The number of hydrogen-bond donors (Lipinski definition) is 0. The summed E-state index contributed by atoms with van der Waals surface area (Å²) in [5.74, 6) is 0.701. The molecule has 2 heteroatoms. The van der Waals surface area contributed by atoms with Crippen molar-refractivity contribution in [2.75, 3.05) is 0 Å². The van der Waals surface area contributed by atoms with Crippen LogP contribution in [0.2, 0.25) is 0 Å². The molecule has 0 fully saturated rings. The normalized spacial score (nSPS) is 12.7. The zero-order valence-corrected chi connectivity index (χ0v) is 33.3. The predicted octanol–water partition coefficient (Wildman–Crippen LogP) is 14.8. The molecule has 0 amide bonds. The Morgan fingerprint density at radius 3 is 1.15 bits per heavy atom. The second kappa shape index (κ2) is 14.1. The van der Waals surface area contributed by atoms with E-state index in [2.05, 4.69) is 218 Å². The van der Waals surface area contributed by atoms with Crippen molar-refractivity contribution < 1.29 is 0 Å². The van der Waals surface area contributed by atoms with Crippen LogP contribution in [-0.2, 0) is 5.41 Å². The summed E-state index contributed by atoms with van der Waals surface area (Å²) >= 11 is 0. The van der Waals surface area contributed by atoms with Gasteiger partial charge in [-0.25, -0.2) is 9.97 Å². The Morgan fingerprint density at radius 2 is 0.590 bits per heavy atom. The molecule has 2 nitrogen and oxygen atoms in total. The summed E-state index contributed by atoms with van der Waals surface area (Å²) in [6.07, 6.45) is 0. The Morgan fingerprint density at radius 1 is 0.230 bits per heavy atom. The van der Waals surface area contributed by atoms with Crippen LogP contribution in [0.3, 0.4) is 0 Å². The molecule has 1 spiro atoms. The largest absolute Gasteiger partial charge is 0.228 e. The fourth-order valence-electron chi connectivity index (χ4n) is 9.98. The van der Waals surface area contributed by atoms with Crippen LogP contribution in [-0.4, -0.2) is 9.97 Å². The second-order valence-corrected chi connectivity index (χ2v) is 16.0. The zero-order valence-electron chi connectivity index (χ0n) is 33.3. The fraction of sp³-hybridized carbons (Fsp3) is 0.0169. The average Bonchev–Trinajstić information content (AvgIpc) is 3.81. The Labute approximate surface area is 356 Å². The zero-order chi connectivity index (χ0) is 40.3. The highest BCUT2D eigenvalue weighted by Crippen LogP contribution is 2.63. The Hall–Kier alpha value is -7.94. The maximum Gasteiger partial charge on any atom is 0.160 e. The molecule has 10 aromatic rings. The Balaban J connectivity index is 1.02. The minimum Gasteiger partial charge on any atom is -0.228 e. The van der Waals surface area contributed by atoms with Gasteiger partial charge in [0.1, 0.15) is 0 Å². The number of nitrogens with zero attached hydrogens (tertiary/aromatic N) is 2. The summed E-state index contributed by atoms with van der Waals surface area (Å²) in [4.78, 5) is 10.3. The number of fused-ring (bicyclic) bond motifs is 10. The van der Waals surface area contributed by atoms with Crippen molar-refractivity contribution in [3.8, 4) is 89.5 Å². The van der Waals surface area contributed by atoms with Gasteiger partial charge in [0.2, 0.25) is 0 Å². The molecule has 0 aliphatic heterocycles. The smallest absolute Gasteiger partial charge is 0.160 e. The summed E-state index contributed by atoms with van der Waals surface area (Å²) in [6.45, 7) is 0. The fourth-order valence-corrected chi connectivity index (χ4v) is 9.98. The first-order valence-corrected chi connectivity index (χ1v) is 21.0. The van der Waals surface area contributed by atoms with Crippen LogP contribution in [0.5, 0.6) is 0 Å². The molecule has 0 bridgehead atoms. The summed E-state index contributed by atoms with van der Waals surface area (Å²) in [6, 6.07) is 83.4. The highest BCUT2D eigenvalue weighted by Gasteiger charge is 2.51. The minimum absolute atomic E-state index is 0.423. The standard InChI is InChI=1S/C59H38N2/c1-4-16-39(17-5-1)40-28-34-45(35-29-40)58-60-56(43-20-8-3-9-21-43)38-57(61-58)44-32-30-42(31-33-44)50-37-55-51(36-49(50)41-18-6-2-7-19-41)48-24-12-15-27-54(48)59(55)52-25-13-10-22-46(52)47-23-11-14-26-53(47)59/h1-38H. The third-order valence-electron chi connectivity index (χ3n) is 12.8. The van der Waals surface area contributed by atoms with Crippen molar-refractivity contribution in [1.29, 1.82) is 0 Å². The molecule has 12 rings (SSSR count). The van der Waals surface area contributed by atoms with Crippen molar-refractivity contribution in [3.05, 3.63) is 253 Å². The molecule has 2 aliphatic carbocycles. The average molecular weight is 775 g/mol. The summed E-state index contributed by atoms with van der Waals surface area (Å²) in [5.41, 5.74) is 22.1. The second-order valence-electron chi connectivity index (χ2n) is 16.0. The highest BCUT2D eigenvalue weighted by atomic mass is 14.9. The molecule has 0 N–H and O–H groups in total. The van der Waals surface area contributed by atoms with Gasteiger partial charge in [0.05, 0.1) is 16.8 Å². The van der Waals surface area contributed by atoms with Crippen LogP contribution < -0.4 is 0 Å². The van der Waals surface area contributed by atoms with E-state index in [0.29, 0.717) is 5.82 Å². The molecule has 1 aromatic heterocycles. The van der Waals surface area contributed by atoms with Crippen LogP contribution in [0.15, 0.2) is 231 Å². The molecule has 9 aromatic carbocycles. The molecule has 0 atom stereocenters. The molecule has 284 valence electrons. The lowest BCUT2D eigenvalue weighted by Crippen LogP contribution is -2.25. The van der Waals surface area contributed by atoms with Crippen LogP contribution in [0, 0.1) is 0 Å². The van der Waals surface area contributed by atoms with E-state index in [4.69, 9.17) is 9.97 Å². The van der Waals surface area contributed by atoms with E-state index in [1.54, 1.807) is 0 Å². The number of aromatic nitrogens is 2. The lowest BCUT2D eigenvalue weighted by atomic mass is 9.70. The summed E-state index contributed by atoms with van der Waals surface area (Å²) < 4.78 is 0. The third kappa shape index (κ3) is 5.57. The predicted molar refractivity (Wildman–Crippen MR) is 251 cm³/mol. The van der Waals surface area contributed by atoms with Gasteiger partial charge in [0.15, 0.2) is 5.82 Å². The summed E-state index contributed by atoms with van der Waals surface area (Å²) in [5, 5.41) is 0. The van der Waals surface area contributed by atoms with E-state index in [1.807, 2.05) is 12.1 Å². The highest BCUT2D eigenvalue weighted by molar-refractivity contribution is 5.99. The van der Waals surface area contributed by atoms with Gasteiger partial charge >= 0.3 is 0 Å². The van der Waals surface area contributed by atoms with Crippen LogP contribution in [0.1, 0.15) is 22.3 Å². The first kappa shape index (κ1) is 35.0. The quantitative estimate of drug-likeness (QED) is 0.168. The summed E-state index contributed by atoms with van der Waals surface area (Å²) in [7, 11) is 0. The molecular weight excluding hydrogens is 737 g/mol. The first-order valence-electron chi connectivity index (χ1n) is 21.0. The van der Waals surface area contributed by atoms with Crippen molar-refractivity contribution in [2.45, 2.75) is 5.41 Å². The molecule has 0 saturated carbocycles. The van der Waals surface area contributed by atoms with E-state index in [9.17, 15) is 0 Å². The lowest BCUT2D eigenvalue weighted by molar-refractivity contribution is 0.794. The van der Waals surface area contributed by atoms with E-state index in [0.717, 1.165) is 39.2 Å². The Kier molecular flexibility index (Phi) is 8.11. The van der Waals surface area contributed by atoms with Gasteiger partial charge < -0.3 is 0 Å². The van der Waals surface area contributed by atoms with Crippen LogP contribution >= 0.6 is 0 Å². The SMILES string of the molecule is c1ccc(-c2ccc(-c3nc(-c4ccccc4)cc(-c4ccc(-c5cc6c(cc5-c5ccccc5)-c5ccccc5C65c6ccccc6-c6ccccc65)cc4)n3)cc2)cc1. The molecule has 61 heavy (non-hydrogen) atoms. The third-order valence-corrected chi connectivity index (χ3v) is 12.8. The van der Waals surface area contributed by atoms with Crippen molar-refractivity contribution in [2.24, 2.45) is 0 Å². The van der Waals surface area contributed by atoms with Gasteiger partial charge in [-0.2, -0.15) is 0 Å². The molecule has 1 heterocycles. The van der Waals surface area contributed by atoms with Crippen molar-refractivity contribution >= 4 is 0 Å². The van der Waals surface area contributed by atoms with Crippen LogP contribution in [0.25, 0.3) is 89.5 Å². The number of hydrogen-bond acceptors (Lipinski definition) is 2. The molecular formula is C59H38N2. The molecule has 0 radical (unpaired) electrons. The first-order chi connectivity index (χ1) is 30.2. The van der Waals surface area contributed by atoms with Crippen LogP contribution in [0.4, 0.5) is 0 Å². The van der Waals surface area contributed by atoms with Crippen molar-refractivity contribution in [3.63, 3.8) is 0 Å². The maximum atomic E-state index is 5.22. The lowest BCUT2D eigenvalue weighted by Gasteiger charge is -2.31. The van der Waals surface area contributed by atoms with Gasteiger partial charge in [-0.15, -0.1) is 0 Å². The van der Waals surface area contributed by atoms with E-state index < -0.39 is 5.41 Å². The topological polar surface area (TPSA) is 25.8 Å². The van der Waals surface area contributed by atoms with Gasteiger partial charge in [-0.1, -0.05) is 212 Å². The minimum atomic E-state index is -0.423.